The van der Waals surface area contributed by atoms with Gasteiger partial charge in [0.1, 0.15) is 28.7 Å². The Morgan fingerprint density at radius 2 is 2.02 bits per heavy atom. The van der Waals surface area contributed by atoms with E-state index in [-0.39, 0.29) is 58.7 Å². The van der Waals surface area contributed by atoms with Gasteiger partial charge in [-0.05, 0) is 36.6 Å². The number of amides is 1. The lowest BCUT2D eigenvalue weighted by Gasteiger charge is -2.40. The van der Waals surface area contributed by atoms with E-state index < -0.39 is 11.5 Å². The number of piperazine rings is 1. The van der Waals surface area contributed by atoms with Gasteiger partial charge >= 0.3 is 5.69 Å². The Morgan fingerprint density at radius 1 is 1.23 bits per heavy atom. The molecular formula is C31H31ClFN7O3. The molecule has 4 aromatic rings. The summed E-state index contributed by atoms with van der Waals surface area (Å²) < 4.78 is 23.0. The van der Waals surface area contributed by atoms with Crippen LogP contribution in [0.1, 0.15) is 31.0 Å². The van der Waals surface area contributed by atoms with Crippen molar-refractivity contribution in [3.63, 3.8) is 0 Å². The molecule has 2 N–H and O–H groups in total. The molecule has 5 heterocycles. The highest BCUT2D eigenvalue weighted by atomic mass is 35.5. The molecule has 1 atom stereocenters. The molecule has 1 amide bonds. The van der Waals surface area contributed by atoms with Gasteiger partial charge in [0.2, 0.25) is 5.91 Å². The number of benzene rings is 1. The van der Waals surface area contributed by atoms with Gasteiger partial charge in [0.05, 0.1) is 23.1 Å². The Morgan fingerprint density at radius 3 is 2.77 bits per heavy atom. The van der Waals surface area contributed by atoms with Crippen LogP contribution in [0.25, 0.3) is 28.0 Å². The number of nitrogens with zero attached hydrogens (tertiary/aromatic N) is 6. The van der Waals surface area contributed by atoms with E-state index in [4.69, 9.17) is 27.1 Å². The lowest BCUT2D eigenvalue weighted by Crippen LogP contribution is -2.56. The molecule has 1 saturated heterocycles. The van der Waals surface area contributed by atoms with Crippen molar-refractivity contribution in [1.29, 1.82) is 0 Å². The standard InChI is InChI=1S/C31H31ClFN7O3/c1-17(2)25-27(18(3)10-12-35-25)40-30-23-28(24(32)26(36-30)20-7-4-5-8-21(20)33)43-16-19-15-38(22(41)9-6-11-34)13-14-39(19)29(23)37-31(40)42/h4-10,12,17,19H,11,13-16,34H2,1-3H3/b9-6+/t19-/m1/s1. The second kappa shape index (κ2) is 11.4. The van der Waals surface area contributed by atoms with E-state index in [9.17, 15) is 9.59 Å². The highest BCUT2D eigenvalue weighted by molar-refractivity contribution is 6.36. The van der Waals surface area contributed by atoms with E-state index in [1.807, 2.05) is 31.7 Å². The van der Waals surface area contributed by atoms with Crippen molar-refractivity contribution in [3.05, 3.63) is 81.3 Å². The summed E-state index contributed by atoms with van der Waals surface area (Å²) in [4.78, 5) is 44.6. The molecule has 43 heavy (non-hydrogen) atoms. The molecule has 12 heteroatoms. The number of fused-ring (bicyclic) bond motifs is 2. The fourth-order valence-electron chi connectivity index (χ4n) is 5.77. The maximum atomic E-state index is 15.2. The summed E-state index contributed by atoms with van der Waals surface area (Å²) in [5, 5.41) is 0.546. The fraction of sp³-hybridized carbons (Fsp3) is 0.323. The minimum atomic E-state index is -0.564. The maximum Gasteiger partial charge on any atom is 0.355 e. The van der Waals surface area contributed by atoms with E-state index in [0.717, 1.165) is 5.56 Å². The zero-order chi connectivity index (χ0) is 30.4. The Labute approximate surface area is 252 Å². The minimum Gasteiger partial charge on any atom is -0.489 e. The zero-order valence-electron chi connectivity index (χ0n) is 24.1. The van der Waals surface area contributed by atoms with Crippen molar-refractivity contribution in [1.82, 2.24) is 24.4 Å². The maximum absolute atomic E-state index is 15.2. The van der Waals surface area contributed by atoms with Crippen LogP contribution in [0.5, 0.6) is 5.75 Å². The number of carbonyl (C=O) groups is 1. The molecule has 2 aliphatic rings. The SMILES string of the molecule is Cc1ccnc(C(C)C)c1-n1c(=O)nc2c3c(c(Cl)c(-c4ccccc4F)nc31)OC[C@H]1CN(C(=O)/C=C/CN)CCN21. The first-order valence-electron chi connectivity index (χ1n) is 14.1. The van der Waals surface area contributed by atoms with E-state index in [1.165, 1.54) is 16.7 Å². The first-order chi connectivity index (χ1) is 20.7. The van der Waals surface area contributed by atoms with Gasteiger partial charge in [0, 0.05) is 44.0 Å². The molecule has 2 aliphatic heterocycles. The lowest BCUT2D eigenvalue weighted by molar-refractivity contribution is -0.126. The number of aryl methyl sites for hydroxylation is 1. The molecule has 3 aromatic heterocycles. The van der Waals surface area contributed by atoms with Crippen LogP contribution in [-0.4, -0.2) is 69.2 Å². The molecule has 0 bridgehead atoms. The number of rotatable bonds is 5. The third-order valence-electron chi connectivity index (χ3n) is 7.84. The van der Waals surface area contributed by atoms with Crippen molar-refractivity contribution in [3.8, 4) is 22.7 Å². The third-order valence-corrected chi connectivity index (χ3v) is 8.19. The summed E-state index contributed by atoms with van der Waals surface area (Å²) in [5.41, 5.74) is 7.56. The number of pyridine rings is 2. The van der Waals surface area contributed by atoms with Crippen LogP contribution in [0.4, 0.5) is 10.2 Å². The van der Waals surface area contributed by atoms with Crippen LogP contribution in [0, 0.1) is 12.7 Å². The van der Waals surface area contributed by atoms with Gasteiger partial charge in [0.25, 0.3) is 0 Å². The smallest absolute Gasteiger partial charge is 0.355 e. The van der Waals surface area contributed by atoms with E-state index in [0.29, 0.717) is 42.2 Å². The second-order valence-corrected chi connectivity index (χ2v) is 11.3. The molecule has 10 nitrogen and oxygen atoms in total. The minimum absolute atomic E-state index is 0.0235. The number of carbonyl (C=O) groups excluding carboxylic acids is 1. The average Bonchev–Trinajstić information content (AvgIpc) is 3.15. The predicted molar refractivity (Wildman–Crippen MR) is 164 cm³/mol. The van der Waals surface area contributed by atoms with Gasteiger partial charge in [0.15, 0.2) is 11.4 Å². The average molecular weight is 604 g/mol. The Bertz CT molecular complexity index is 1840. The number of anilines is 1. The highest BCUT2D eigenvalue weighted by Crippen LogP contribution is 2.45. The zero-order valence-corrected chi connectivity index (χ0v) is 24.8. The molecule has 0 aliphatic carbocycles. The van der Waals surface area contributed by atoms with E-state index in [2.05, 4.69) is 9.97 Å². The molecule has 0 radical (unpaired) electrons. The number of halogens is 2. The molecule has 222 valence electrons. The summed E-state index contributed by atoms with van der Waals surface area (Å²) in [6, 6.07) is 7.67. The molecule has 1 aromatic carbocycles. The number of hydrogen-bond donors (Lipinski definition) is 1. The van der Waals surface area contributed by atoms with Crippen LogP contribution in [-0.2, 0) is 4.79 Å². The van der Waals surface area contributed by atoms with Crippen molar-refractivity contribution in [2.45, 2.75) is 32.7 Å². The van der Waals surface area contributed by atoms with Gasteiger partial charge in [-0.2, -0.15) is 4.98 Å². The third kappa shape index (κ3) is 4.92. The van der Waals surface area contributed by atoms with Crippen molar-refractivity contribution >= 4 is 34.4 Å². The second-order valence-electron chi connectivity index (χ2n) is 10.9. The van der Waals surface area contributed by atoms with Crippen LogP contribution in [0.2, 0.25) is 5.02 Å². The number of hydrogen-bond acceptors (Lipinski definition) is 8. The molecule has 1 fully saturated rings. The van der Waals surface area contributed by atoms with Gasteiger partial charge in [-0.3, -0.25) is 9.78 Å². The van der Waals surface area contributed by atoms with E-state index in [1.54, 1.807) is 35.4 Å². The lowest BCUT2D eigenvalue weighted by atomic mass is 10.0. The Kier molecular flexibility index (Phi) is 7.61. The van der Waals surface area contributed by atoms with Crippen LogP contribution >= 0.6 is 11.6 Å². The number of aromatic nitrogens is 4. The van der Waals surface area contributed by atoms with Crippen LogP contribution < -0.4 is 21.1 Å². The first-order valence-corrected chi connectivity index (χ1v) is 14.5. The van der Waals surface area contributed by atoms with Gasteiger partial charge < -0.3 is 20.3 Å². The number of ether oxygens (including phenoxy) is 1. The summed E-state index contributed by atoms with van der Waals surface area (Å²) >= 11 is 6.97. The molecule has 0 saturated carbocycles. The van der Waals surface area contributed by atoms with E-state index >= 15 is 4.39 Å². The first kappa shape index (κ1) is 28.8. The molecular weight excluding hydrogens is 573 g/mol. The van der Waals surface area contributed by atoms with Crippen LogP contribution in [0.15, 0.2) is 53.5 Å². The summed E-state index contributed by atoms with van der Waals surface area (Å²) in [6.45, 7) is 7.42. The Balaban J connectivity index is 1.63. The molecule has 0 spiro atoms. The quantitative estimate of drug-likeness (QED) is 0.340. The molecule has 6 rings (SSSR count). The van der Waals surface area contributed by atoms with Crippen molar-refractivity contribution in [2.75, 3.05) is 37.7 Å². The summed E-state index contributed by atoms with van der Waals surface area (Å²) in [7, 11) is 0. The van der Waals surface area contributed by atoms with Crippen LogP contribution in [0.3, 0.4) is 0 Å². The highest BCUT2D eigenvalue weighted by Gasteiger charge is 2.37. The Hall–Kier alpha value is -4.35. The van der Waals surface area contributed by atoms with Gasteiger partial charge in [-0.15, -0.1) is 0 Å². The van der Waals surface area contributed by atoms with Crippen molar-refractivity contribution in [2.24, 2.45) is 5.73 Å². The normalized spacial score (nSPS) is 16.5. The largest absolute Gasteiger partial charge is 0.489 e. The fourth-order valence-corrected chi connectivity index (χ4v) is 6.07. The van der Waals surface area contributed by atoms with Crippen molar-refractivity contribution < 1.29 is 13.9 Å². The predicted octanol–water partition coefficient (Wildman–Crippen LogP) is 3.99. The monoisotopic (exact) mass is 603 g/mol. The summed E-state index contributed by atoms with van der Waals surface area (Å²) in [6.07, 6.45) is 4.78. The molecule has 0 unspecified atom stereocenters. The topological polar surface area (TPSA) is 119 Å². The summed E-state index contributed by atoms with van der Waals surface area (Å²) in [5.74, 6) is -0.0813. The number of nitrogens with two attached hydrogens (primary N) is 1. The van der Waals surface area contributed by atoms with Gasteiger partial charge in [-0.1, -0.05) is 43.7 Å². The van der Waals surface area contributed by atoms with Gasteiger partial charge in [-0.25, -0.2) is 18.7 Å².